The van der Waals surface area contributed by atoms with Crippen LogP contribution in [0.3, 0.4) is 0 Å². The molecule has 0 aliphatic carbocycles. The van der Waals surface area contributed by atoms with Gasteiger partial charge in [0.15, 0.2) is 0 Å². The zero-order chi connectivity index (χ0) is 19.0. The van der Waals surface area contributed by atoms with Crippen molar-refractivity contribution in [2.45, 2.75) is 45.7 Å². The Hall–Kier alpha value is -2.31. The van der Waals surface area contributed by atoms with Gasteiger partial charge in [-0.15, -0.1) is 0 Å². The number of halogens is 3. The van der Waals surface area contributed by atoms with Gasteiger partial charge in [-0.25, -0.2) is 4.98 Å². The number of anilines is 2. The van der Waals surface area contributed by atoms with E-state index >= 15 is 0 Å². The molecule has 0 bridgehead atoms. The second-order valence-corrected chi connectivity index (χ2v) is 5.88. The fourth-order valence-corrected chi connectivity index (χ4v) is 2.54. The molecule has 26 heavy (non-hydrogen) atoms. The van der Waals surface area contributed by atoms with Crippen molar-refractivity contribution in [3.8, 4) is 5.88 Å². The summed E-state index contributed by atoms with van der Waals surface area (Å²) in [5, 5.41) is 0. The Kier molecular flexibility index (Phi) is 7.24. The SMILES string of the molecule is CCCCCCOc1nc(N(CC)c2ccccc2)ncc1C(F)(F)F. The predicted octanol–water partition coefficient (Wildman–Crippen LogP) is 5.61. The number of ether oxygens (including phenoxy) is 1. The number of nitrogens with zero attached hydrogens (tertiary/aromatic N) is 3. The number of benzene rings is 1. The van der Waals surface area contributed by atoms with Crippen LogP contribution in [0.1, 0.15) is 45.1 Å². The third-order valence-corrected chi connectivity index (χ3v) is 3.91. The summed E-state index contributed by atoms with van der Waals surface area (Å²) in [5.41, 5.74) is -0.135. The van der Waals surface area contributed by atoms with Gasteiger partial charge in [0.25, 0.3) is 0 Å². The molecule has 0 atom stereocenters. The predicted molar refractivity (Wildman–Crippen MR) is 95.8 cm³/mol. The van der Waals surface area contributed by atoms with Gasteiger partial charge in [0.2, 0.25) is 11.8 Å². The monoisotopic (exact) mass is 367 g/mol. The number of hydrogen-bond donors (Lipinski definition) is 0. The minimum Gasteiger partial charge on any atom is -0.477 e. The van der Waals surface area contributed by atoms with Crippen molar-refractivity contribution in [3.05, 3.63) is 42.1 Å². The summed E-state index contributed by atoms with van der Waals surface area (Å²) < 4.78 is 45.1. The molecule has 0 spiro atoms. The van der Waals surface area contributed by atoms with Crippen LogP contribution >= 0.6 is 0 Å². The largest absolute Gasteiger partial charge is 0.477 e. The van der Waals surface area contributed by atoms with Crippen molar-refractivity contribution in [1.29, 1.82) is 0 Å². The third-order valence-electron chi connectivity index (χ3n) is 3.91. The summed E-state index contributed by atoms with van der Waals surface area (Å²) in [6, 6.07) is 9.29. The molecule has 142 valence electrons. The molecule has 0 aliphatic rings. The van der Waals surface area contributed by atoms with Gasteiger partial charge in [-0.3, -0.25) is 0 Å². The van der Waals surface area contributed by atoms with Crippen LogP contribution in [0.15, 0.2) is 36.5 Å². The molecule has 7 heteroatoms. The summed E-state index contributed by atoms with van der Waals surface area (Å²) in [7, 11) is 0. The van der Waals surface area contributed by atoms with Gasteiger partial charge in [-0.2, -0.15) is 18.2 Å². The first kappa shape index (κ1) is 20.0. The second kappa shape index (κ2) is 9.40. The normalized spacial score (nSPS) is 11.4. The molecular formula is C19H24F3N3O. The molecule has 1 aromatic heterocycles. The molecule has 0 unspecified atom stereocenters. The highest BCUT2D eigenvalue weighted by atomic mass is 19.4. The molecule has 0 fully saturated rings. The Labute approximate surface area is 152 Å². The van der Waals surface area contributed by atoms with E-state index in [0.717, 1.165) is 31.1 Å². The van der Waals surface area contributed by atoms with E-state index in [-0.39, 0.29) is 12.6 Å². The standard InChI is InChI=1S/C19H24F3N3O/c1-3-5-6-10-13-26-17-16(19(20,21)22)14-23-18(24-17)25(4-2)15-11-8-7-9-12-15/h7-9,11-12,14H,3-6,10,13H2,1-2H3. The summed E-state index contributed by atoms with van der Waals surface area (Å²) >= 11 is 0. The van der Waals surface area contributed by atoms with Crippen LogP contribution in [0.5, 0.6) is 5.88 Å². The average molecular weight is 367 g/mol. The number of rotatable bonds is 9. The van der Waals surface area contributed by atoms with Gasteiger partial charge in [-0.05, 0) is 25.5 Å². The first-order valence-electron chi connectivity index (χ1n) is 8.87. The molecule has 1 aromatic carbocycles. The molecule has 2 rings (SSSR count). The Morgan fingerprint density at radius 2 is 1.77 bits per heavy atom. The summed E-state index contributed by atoms with van der Waals surface area (Å²) in [6.07, 6.45) is -0.0615. The van der Waals surface area contributed by atoms with Crippen molar-refractivity contribution >= 4 is 11.6 Å². The highest BCUT2D eigenvalue weighted by molar-refractivity contribution is 5.57. The van der Waals surface area contributed by atoms with E-state index in [9.17, 15) is 13.2 Å². The van der Waals surface area contributed by atoms with E-state index in [1.54, 1.807) is 4.90 Å². The molecule has 1 heterocycles. The molecule has 0 aliphatic heterocycles. The molecular weight excluding hydrogens is 343 g/mol. The number of aromatic nitrogens is 2. The Balaban J connectivity index is 2.26. The van der Waals surface area contributed by atoms with Gasteiger partial charge >= 0.3 is 6.18 Å². The first-order chi connectivity index (χ1) is 12.5. The second-order valence-electron chi connectivity index (χ2n) is 5.88. The maximum atomic E-state index is 13.2. The minimum absolute atomic E-state index is 0.190. The smallest absolute Gasteiger partial charge is 0.423 e. The van der Waals surface area contributed by atoms with Gasteiger partial charge in [0.1, 0.15) is 5.56 Å². The van der Waals surface area contributed by atoms with Crippen molar-refractivity contribution in [1.82, 2.24) is 9.97 Å². The van der Waals surface area contributed by atoms with Gasteiger partial charge in [-0.1, -0.05) is 44.4 Å². The van der Waals surface area contributed by atoms with E-state index in [4.69, 9.17) is 4.74 Å². The van der Waals surface area contributed by atoms with Crippen molar-refractivity contribution in [2.75, 3.05) is 18.1 Å². The van der Waals surface area contributed by atoms with Gasteiger partial charge in [0.05, 0.1) is 6.61 Å². The zero-order valence-electron chi connectivity index (χ0n) is 15.1. The Bertz CT molecular complexity index is 677. The highest BCUT2D eigenvalue weighted by Crippen LogP contribution is 2.36. The summed E-state index contributed by atoms with van der Waals surface area (Å²) in [4.78, 5) is 9.74. The fraction of sp³-hybridized carbons (Fsp3) is 0.474. The molecule has 0 saturated carbocycles. The summed E-state index contributed by atoms with van der Waals surface area (Å²) in [5.74, 6) is -0.219. The number of hydrogen-bond acceptors (Lipinski definition) is 4. The van der Waals surface area contributed by atoms with Crippen LogP contribution in [0, 0.1) is 0 Å². The lowest BCUT2D eigenvalue weighted by Crippen LogP contribution is -2.21. The van der Waals surface area contributed by atoms with E-state index in [0.29, 0.717) is 13.0 Å². The Morgan fingerprint density at radius 1 is 1.04 bits per heavy atom. The maximum Gasteiger partial charge on any atom is 0.423 e. The van der Waals surface area contributed by atoms with Crippen molar-refractivity contribution in [2.24, 2.45) is 0 Å². The fourth-order valence-electron chi connectivity index (χ4n) is 2.54. The van der Waals surface area contributed by atoms with Crippen LogP contribution in [0.2, 0.25) is 0 Å². The molecule has 0 N–H and O–H groups in total. The van der Waals surface area contributed by atoms with E-state index in [1.807, 2.05) is 37.3 Å². The van der Waals surface area contributed by atoms with Crippen LogP contribution in [-0.2, 0) is 6.18 Å². The van der Waals surface area contributed by atoms with Crippen molar-refractivity contribution in [3.63, 3.8) is 0 Å². The molecule has 4 nitrogen and oxygen atoms in total. The first-order valence-corrected chi connectivity index (χ1v) is 8.87. The minimum atomic E-state index is -4.55. The van der Waals surface area contributed by atoms with Gasteiger partial charge < -0.3 is 9.64 Å². The quantitative estimate of drug-likeness (QED) is 0.540. The number of unbranched alkanes of at least 4 members (excludes halogenated alkanes) is 3. The lowest BCUT2D eigenvalue weighted by Gasteiger charge is -2.22. The maximum absolute atomic E-state index is 13.2. The number of para-hydroxylation sites is 1. The molecule has 0 amide bonds. The molecule has 2 aromatic rings. The lowest BCUT2D eigenvalue weighted by molar-refractivity contribution is -0.139. The van der Waals surface area contributed by atoms with Gasteiger partial charge in [0, 0.05) is 18.4 Å². The third kappa shape index (κ3) is 5.34. The lowest BCUT2D eigenvalue weighted by atomic mass is 10.2. The van der Waals surface area contributed by atoms with Crippen LogP contribution < -0.4 is 9.64 Å². The van der Waals surface area contributed by atoms with E-state index in [2.05, 4.69) is 16.9 Å². The highest BCUT2D eigenvalue weighted by Gasteiger charge is 2.36. The molecule has 0 saturated heterocycles. The van der Waals surface area contributed by atoms with Crippen LogP contribution in [-0.4, -0.2) is 23.1 Å². The average Bonchev–Trinajstić information content (AvgIpc) is 2.62. The van der Waals surface area contributed by atoms with Crippen LogP contribution in [0.25, 0.3) is 0 Å². The number of alkyl halides is 3. The van der Waals surface area contributed by atoms with E-state index in [1.165, 1.54) is 0 Å². The molecule has 0 radical (unpaired) electrons. The topological polar surface area (TPSA) is 38.2 Å². The van der Waals surface area contributed by atoms with Crippen LogP contribution in [0.4, 0.5) is 24.8 Å². The van der Waals surface area contributed by atoms with Crippen molar-refractivity contribution < 1.29 is 17.9 Å². The van der Waals surface area contributed by atoms with E-state index < -0.39 is 17.6 Å². The zero-order valence-corrected chi connectivity index (χ0v) is 15.1. The Morgan fingerprint density at radius 3 is 2.38 bits per heavy atom. The summed E-state index contributed by atoms with van der Waals surface area (Å²) in [6.45, 7) is 4.68.